The molecule has 1 spiro atoms. The fourth-order valence-corrected chi connectivity index (χ4v) is 3.93. The summed E-state index contributed by atoms with van der Waals surface area (Å²) in [5.74, 6) is 0.986. The normalized spacial score (nSPS) is 21.6. The van der Waals surface area contributed by atoms with Crippen molar-refractivity contribution in [3.05, 3.63) is 35.4 Å². The first kappa shape index (κ1) is 16.0. The molecule has 0 aliphatic carbocycles. The summed E-state index contributed by atoms with van der Waals surface area (Å²) >= 11 is 0. The van der Waals surface area contributed by atoms with Crippen LogP contribution in [-0.2, 0) is 11.2 Å². The van der Waals surface area contributed by atoms with Crippen molar-refractivity contribution in [3.63, 3.8) is 0 Å². The van der Waals surface area contributed by atoms with Gasteiger partial charge in [0.25, 0.3) is 0 Å². The Balaban J connectivity index is 1.37. The average Bonchev–Trinajstić information content (AvgIpc) is 3.21. The smallest absolute Gasteiger partial charge is 0.317 e. The standard InChI is InChI=1S/C19H23N3O3/c1-21-18(24)20-13-19(21)7-9-22(10-8-19)17(23)5-3-14-2-4-16-15(12-14)6-11-25-16/h2-5,12H,6-11,13H2,1H3,(H,20,24)/b5-3+. The Morgan fingerprint density at radius 3 is 2.84 bits per heavy atom. The van der Waals surface area contributed by atoms with E-state index in [9.17, 15) is 9.59 Å². The summed E-state index contributed by atoms with van der Waals surface area (Å²) in [6, 6.07) is 6.02. The van der Waals surface area contributed by atoms with E-state index in [1.807, 2.05) is 30.2 Å². The van der Waals surface area contributed by atoms with Crippen molar-refractivity contribution in [1.82, 2.24) is 15.1 Å². The van der Waals surface area contributed by atoms with E-state index in [0.717, 1.165) is 37.2 Å². The Kier molecular flexibility index (Phi) is 3.90. The lowest BCUT2D eigenvalue weighted by molar-refractivity contribution is -0.128. The predicted octanol–water partition coefficient (Wildman–Crippen LogP) is 1.65. The molecule has 0 radical (unpaired) electrons. The number of nitrogens with one attached hydrogen (secondary N) is 1. The van der Waals surface area contributed by atoms with Gasteiger partial charge in [0, 0.05) is 39.2 Å². The summed E-state index contributed by atoms with van der Waals surface area (Å²) in [5.41, 5.74) is 2.10. The van der Waals surface area contributed by atoms with Gasteiger partial charge in [-0.3, -0.25) is 4.79 Å². The van der Waals surface area contributed by atoms with Crippen LogP contribution in [0, 0.1) is 0 Å². The molecule has 2 fully saturated rings. The van der Waals surface area contributed by atoms with E-state index in [4.69, 9.17) is 4.74 Å². The molecule has 0 saturated carbocycles. The number of carbonyl (C=O) groups excluding carboxylic acids is 2. The molecule has 2 saturated heterocycles. The maximum Gasteiger partial charge on any atom is 0.317 e. The highest BCUT2D eigenvalue weighted by Gasteiger charge is 2.45. The van der Waals surface area contributed by atoms with Crippen molar-refractivity contribution in [2.24, 2.45) is 0 Å². The number of likely N-dealkylation sites (tertiary alicyclic amines) is 1. The van der Waals surface area contributed by atoms with Gasteiger partial charge in [0.15, 0.2) is 0 Å². The first-order valence-electron chi connectivity index (χ1n) is 8.82. The second kappa shape index (κ2) is 6.10. The number of amides is 3. The van der Waals surface area contributed by atoms with E-state index in [2.05, 4.69) is 11.4 Å². The molecule has 0 bridgehead atoms. The number of urea groups is 1. The number of carbonyl (C=O) groups is 2. The van der Waals surface area contributed by atoms with Gasteiger partial charge in [-0.05, 0) is 42.2 Å². The first-order chi connectivity index (χ1) is 12.1. The predicted molar refractivity (Wildman–Crippen MR) is 94.4 cm³/mol. The SMILES string of the molecule is CN1C(=O)NCC12CCN(C(=O)/C=C/c1ccc3c(c1)CCO3)CC2. The summed E-state index contributed by atoms with van der Waals surface area (Å²) in [5, 5.41) is 2.90. The van der Waals surface area contributed by atoms with Crippen LogP contribution in [0.15, 0.2) is 24.3 Å². The number of nitrogens with zero attached hydrogens (tertiary/aromatic N) is 2. The molecule has 4 rings (SSSR count). The maximum absolute atomic E-state index is 12.5. The molecule has 6 nitrogen and oxygen atoms in total. The van der Waals surface area contributed by atoms with Crippen LogP contribution in [0.1, 0.15) is 24.0 Å². The second-order valence-electron chi connectivity index (χ2n) is 7.07. The number of hydrogen-bond donors (Lipinski definition) is 1. The number of piperidine rings is 1. The lowest BCUT2D eigenvalue weighted by Gasteiger charge is -2.42. The molecular formula is C19H23N3O3. The first-order valence-corrected chi connectivity index (χ1v) is 8.82. The van der Waals surface area contributed by atoms with Gasteiger partial charge >= 0.3 is 6.03 Å². The number of fused-ring (bicyclic) bond motifs is 1. The minimum atomic E-state index is -0.127. The van der Waals surface area contributed by atoms with E-state index >= 15 is 0 Å². The van der Waals surface area contributed by atoms with Crippen LogP contribution in [0.4, 0.5) is 4.79 Å². The van der Waals surface area contributed by atoms with Crippen molar-refractivity contribution in [2.45, 2.75) is 24.8 Å². The van der Waals surface area contributed by atoms with Crippen molar-refractivity contribution in [3.8, 4) is 5.75 Å². The quantitative estimate of drug-likeness (QED) is 0.832. The van der Waals surface area contributed by atoms with Gasteiger partial charge in [0.2, 0.25) is 5.91 Å². The fourth-order valence-electron chi connectivity index (χ4n) is 3.93. The zero-order valence-electron chi connectivity index (χ0n) is 14.5. The number of benzene rings is 1. The summed E-state index contributed by atoms with van der Waals surface area (Å²) in [6.45, 7) is 2.78. The summed E-state index contributed by atoms with van der Waals surface area (Å²) in [4.78, 5) is 27.9. The minimum absolute atomic E-state index is 0.0136. The second-order valence-corrected chi connectivity index (χ2v) is 7.07. The largest absolute Gasteiger partial charge is 0.493 e. The molecule has 132 valence electrons. The minimum Gasteiger partial charge on any atom is -0.493 e. The zero-order chi connectivity index (χ0) is 17.4. The molecule has 3 aliphatic heterocycles. The van der Waals surface area contributed by atoms with E-state index < -0.39 is 0 Å². The molecule has 1 N–H and O–H groups in total. The van der Waals surface area contributed by atoms with Gasteiger partial charge in [-0.2, -0.15) is 0 Å². The number of rotatable bonds is 2. The highest BCUT2D eigenvalue weighted by Crippen LogP contribution is 2.31. The lowest BCUT2D eigenvalue weighted by Crippen LogP contribution is -2.53. The third kappa shape index (κ3) is 2.86. The Bertz CT molecular complexity index is 735. The van der Waals surface area contributed by atoms with Crippen LogP contribution in [0.2, 0.25) is 0 Å². The average molecular weight is 341 g/mol. The Labute approximate surface area is 147 Å². The fraction of sp³-hybridized carbons (Fsp3) is 0.474. The van der Waals surface area contributed by atoms with E-state index in [1.54, 1.807) is 11.0 Å². The molecule has 6 heteroatoms. The van der Waals surface area contributed by atoms with Gasteiger partial charge in [0.05, 0.1) is 12.1 Å². The van der Waals surface area contributed by atoms with Crippen molar-refractivity contribution in [1.29, 1.82) is 0 Å². The van der Waals surface area contributed by atoms with Gasteiger partial charge in [0.1, 0.15) is 5.75 Å². The van der Waals surface area contributed by atoms with Crippen molar-refractivity contribution < 1.29 is 14.3 Å². The molecule has 1 aromatic rings. The van der Waals surface area contributed by atoms with Crippen LogP contribution in [0.25, 0.3) is 6.08 Å². The number of likely N-dealkylation sites (N-methyl/N-ethyl adjacent to an activating group) is 1. The molecule has 0 atom stereocenters. The monoisotopic (exact) mass is 341 g/mol. The third-order valence-corrected chi connectivity index (χ3v) is 5.72. The molecule has 0 aromatic heterocycles. The highest BCUT2D eigenvalue weighted by atomic mass is 16.5. The van der Waals surface area contributed by atoms with Crippen molar-refractivity contribution >= 4 is 18.0 Å². The molecule has 0 unspecified atom stereocenters. The molecule has 1 aromatic carbocycles. The highest BCUT2D eigenvalue weighted by molar-refractivity contribution is 5.92. The van der Waals surface area contributed by atoms with Crippen LogP contribution in [0.5, 0.6) is 5.75 Å². The molecule has 25 heavy (non-hydrogen) atoms. The lowest BCUT2D eigenvalue weighted by atomic mass is 9.87. The van der Waals surface area contributed by atoms with E-state index in [1.165, 1.54) is 5.56 Å². The molecule has 3 heterocycles. The van der Waals surface area contributed by atoms with Crippen LogP contribution in [0.3, 0.4) is 0 Å². The van der Waals surface area contributed by atoms with Gasteiger partial charge in [-0.15, -0.1) is 0 Å². The van der Waals surface area contributed by atoms with Crippen LogP contribution >= 0.6 is 0 Å². The van der Waals surface area contributed by atoms with Crippen LogP contribution in [-0.4, -0.2) is 60.6 Å². The van der Waals surface area contributed by atoms with Gasteiger partial charge in [-0.25, -0.2) is 4.79 Å². The van der Waals surface area contributed by atoms with Crippen molar-refractivity contribution in [2.75, 3.05) is 33.3 Å². The van der Waals surface area contributed by atoms with Crippen LogP contribution < -0.4 is 10.1 Å². The third-order valence-electron chi connectivity index (χ3n) is 5.72. The Morgan fingerprint density at radius 2 is 2.12 bits per heavy atom. The number of ether oxygens (including phenoxy) is 1. The van der Waals surface area contributed by atoms with E-state index in [0.29, 0.717) is 19.6 Å². The van der Waals surface area contributed by atoms with E-state index in [-0.39, 0.29) is 17.5 Å². The van der Waals surface area contributed by atoms with Gasteiger partial charge in [-0.1, -0.05) is 6.07 Å². The zero-order valence-corrected chi connectivity index (χ0v) is 14.5. The van der Waals surface area contributed by atoms with Gasteiger partial charge < -0.3 is 19.9 Å². The Hall–Kier alpha value is -2.50. The molecular weight excluding hydrogens is 318 g/mol. The Morgan fingerprint density at radius 1 is 1.32 bits per heavy atom. The summed E-state index contributed by atoms with van der Waals surface area (Å²) < 4.78 is 5.50. The summed E-state index contributed by atoms with van der Waals surface area (Å²) in [7, 11) is 1.84. The maximum atomic E-state index is 12.5. The molecule has 3 aliphatic rings. The molecule has 3 amide bonds. The number of hydrogen-bond acceptors (Lipinski definition) is 3. The summed E-state index contributed by atoms with van der Waals surface area (Å²) in [6.07, 6.45) is 6.09. The topological polar surface area (TPSA) is 61.9 Å².